The van der Waals surface area contributed by atoms with Gasteiger partial charge in [-0.3, -0.25) is 9.59 Å². The molecule has 4 aliphatic rings. The van der Waals surface area contributed by atoms with Crippen LogP contribution in [0, 0.1) is 11.8 Å². The molecule has 0 aromatic heterocycles. The van der Waals surface area contributed by atoms with E-state index in [1.165, 1.54) is 45.2 Å². The van der Waals surface area contributed by atoms with Crippen molar-refractivity contribution in [2.45, 2.75) is 51.0 Å². The summed E-state index contributed by atoms with van der Waals surface area (Å²) in [5.74, 6) is 1.67. The first-order valence-electron chi connectivity index (χ1n) is 13.4. The number of rotatable bonds is 8. The molecule has 35 heavy (non-hydrogen) atoms. The summed E-state index contributed by atoms with van der Waals surface area (Å²) in [6.07, 6.45) is 7.29. The van der Waals surface area contributed by atoms with Crippen LogP contribution in [-0.2, 0) is 14.3 Å². The zero-order valence-electron chi connectivity index (χ0n) is 21.0. The molecular weight excluding hydrogens is 446 g/mol. The van der Waals surface area contributed by atoms with Gasteiger partial charge in [-0.25, -0.2) is 0 Å². The molecule has 0 saturated carbocycles. The van der Waals surface area contributed by atoms with E-state index in [9.17, 15) is 9.59 Å². The van der Waals surface area contributed by atoms with Gasteiger partial charge in [0.1, 0.15) is 13.2 Å². The summed E-state index contributed by atoms with van der Waals surface area (Å²) in [5, 5.41) is 0. The smallest absolute Gasteiger partial charge is 0.228 e. The van der Waals surface area contributed by atoms with Crippen molar-refractivity contribution in [3.63, 3.8) is 0 Å². The average Bonchev–Trinajstić information content (AvgIpc) is 3.29. The number of hydrogen-bond donors (Lipinski definition) is 0. The van der Waals surface area contributed by atoms with E-state index in [0.717, 1.165) is 18.7 Å². The maximum Gasteiger partial charge on any atom is 0.228 e. The Kier molecular flexibility index (Phi) is 7.78. The van der Waals surface area contributed by atoms with E-state index in [4.69, 9.17) is 14.2 Å². The van der Waals surface area contributed by atoms with E-state index in [0.29, 0.717) is 56.4 Å². The highest BCUT2D eigenvalue weighted by atomic mass is 16.6. The van der Waals surface area contributed by atoms with Crippen LogP contribution in [0.3, 0.4) is 0 Å². The highest BCUT2D eigenvalue weighted by Gasteiger charge is 2.40. The van der Waals surface area contributed by atoms with Crippen molar-refractivity contribution >= 4 is 17.5 Å². The Labute approximate surface area is 208 Å². The second-order valence-electron chi connectivity index (χ2n) is 10.4. The number of anilines is 1. The molecule has 0 spiro atoms. The fraction of sp³-hybridized carbons (Fsp3) is 0.704. The molecule has 5 rings (SSSR count). The van der Waals surface area contributed by atoms with E-state index in [-0.39, 0.29) is 24.2 Å². The summed E-state index contributed by atoms with van der Waals surface area (Å²) >= 11 is 0. The van der Waals surface area contributed by atoms with Crippen LogP contribution in [0.5, 0.6) is 11.5 Å². The molecule has 0 radical (unpaired) electrons. The topological polar surface area (TPSA) is 71.6 Å². The largest absolute Gasteiger partial charge is 0.486 e. The third-order valence-corrected chi connectivity index (χ3v) is 8.08. The van der Waals surface area contributed by atoms with Gasteiger partial charge < -0.3 is 28.9 Å². The minimum Gasteiger partial charge on any atom is -0.486 e. The number of ether oxygens (including phenoxy) is 3. The van der Waals surface area contributed by atoms with Gasteiger partial charge in [0.15, 0.2) is 11.5 Å². The van der Waals surface area contributed by atoms with Crippen molar-refractivity contribution in [3.05, 3.63) is 18.2 Å². The SMILES string of the molecule is COCCCN(C[C@@H]1CCCN2CCCC[C@@H]12)C(=O)[C@H]1CC(=O)N(c2ccc3c(c2)OCCO3)C1. The van der Waals surface area contributed by atoms with Gasteiger partial charge in [-0.1, -0.05) is 6.42 Å². The molecule has 2 amide bonds. The standard InChI is InChI=1S/C27H39N3O5/c1-33-13-5-12-29(18-20-6-4-11-28-10-3-2-7-23(20)28)27(32)21-16-26(31)30(19-21)22-8-9-24-25(17-22)35-15-14-34-24/h8-9,17,20-21,23H,2-7,10-16,18-19H2,1H3/t20-,21-,23-/m0/s1. The molecule has 0 unspecified atom stereocenters. The minimum atomic E-state index is -0.315. The molecule has 8 heteroatoms. The van der Waals surface area contributed by atoms with Crippen molar-refractivity contribution in [1.29, 1.82) is 0 Å². The lowest BCUT2D eigenvalue weighted by atomic mass is 9.83. The third-order valence-electron chi connectivity index (χ3n) is 8.08. The highest BCUT2D eigenvalue weighted by Crippen LogP contribution is 2.37. The quantitative estimate of drug-likeness (QED) is 0.528. The number of carbonyl (C=O) groups is 2. The predicted octanol–water partition coefficient (Wildman–Crippen LogP) is 2.94. The molecule has 0 N–H and O–H groups in total. The second-order valence-corrected chi connectivity index (χ2v) is 10.4. The Morgan fingerprint density at radius 3 is 2.80 bits per heavy atom. The van der Waals surface area contributed by atoms with E-state index < -0.39 is 0 Å². The molecule has 0 bridgehead atoms. The number of piperidine rings is 2. The average molecular weight is 486 g/mol. The number of nitrogens with zero attached hydrogens (tertiary/aromatic N) is 3. The number of methoxy groups -OCH3 is 1. The highest BCUT2D eigenvalue weighted by molar-refractivity contribution is 6.00. The van der Waals surface area contributed by atoms with Crippen molar-refractivity contribution in [2.24, 2.45) is 11.8 Å². The number of amides is 2. The first kappa shape index (κ1) is 24.4. The molecule has 3 saturated heterocycles. The molecule has 4 heterocycles. The molecule has 3 fully saturated rings. The lowest BCUT2D eigenvalue weighted by molar-refractivity contribution is -0.137. The van der Waals surface area contributed by atoms with Crippen molar-refractivity contribution in [3.8, 4) is 11.5 Å². The lowest BCUT2D eigenvalue weighted by Crippen LogP contribution is -2.52. The maximum absolute atomic E-state index is 13.8. The van der Waals surface area contributed by atoms with Gasteiger partial charge in [-0.2, -0.15) is 0 Å². The van der Waals surface area contributed by atoms with Gasteiger partial charge in [0, 0.05) is 57.6 Å². The predicted molar refractivity (Wildman–Crippen MR) is 133 cm³/mol. The monoisotopic (exact) mass is 485 g/mol. The van der Waals surface area contributed by atoms with Gasteiger partial charge >= 0.3 is 0 Å². The van der Waals surface area contributed by atoms with Gasteiger partial charge in [-0.15, -0.1) is 0 Å². The number of hydrogen-bond acceptors (Lipinski definition) is 6. The normalized spacial score (nSPS) is 26.5. The number of benzene rings is 1. The Bertz CT molecular complexity index is 907. The number of fused-ring (bicyclic) bond motifs is 2. The summed E-state index contributed by atoms with van der Waals surface area (Å²) in [6.45, 7) is 5.95. The van der Waals surface area contributed by atoms with Crippen LogP contribution >= 0.6 is 0 Å². The van der Waals surface area contributed by atoms with Crippen molar-refractivity contribution in [2.75, 3.05) is 64.6 Å². The van der Waals surface area contributed by atoms with Gasteiger partial charge in [-0.05, 0) is 63.2 Å². The molecule has 192 valence electrons. The van der Waals surface area contributed by atoms with Crippen molar-refractivity contribution < 1.29 is 23.8 Å². The molecule has 0 aliphatic carbocycles. The first-order chi connectivity index (χ1) is 17.1. The van der Waals surface area contributed by atoms with Crippen LogP contribution in [0.4, 0.5) is 5.69 Å². The molecule has 8 nitrogen and oxygen atoms in total. The number of carbonyl (C=O) groups excluding carboxylic acids is 2. The third kappa shape index (κ3) is 5.43. The Morgan fingerprint density at radius 2 is 1.94 bits per heavy atom. The van der Waals surface area contributed by atoms with E-state index in [1.54, 1.807) is 12.0 Å². The zero-order valence-corrected chi connectivity index (χ0v) is 21.0. The summed E-state index contributed by atoms with van der Waals surface area (Å²) in [5.41, 5.74) is 0.769. The fourth-order valence-corrected chi connectivity index (χ4v) is 6.35. The van der Waals surface area contributed by atoms with E-state index in [1.807, 2.05) is 23.1 Å². The summed E-state index contributed by atoms with van der Waals surface area (Å²) in [7, 11) is 1.70. The Balaban J connectivity index is 1.27. The molecule has 3 atom stereocenters. The molecule has 1 aromatic rings. The van der Waals surface area contributed by atoms with Crippen LogP contribution in [0.2, 0.25) is 0 Å². The van der Waals surface area contributed by atoms with Gasteiger partial charge in [0.05, 0.1) is 5.92 Å². The lowest BCUT2D eigenvalue weighted by Gasteiger charge is -2.46. The van der Waals surface area contributed by atoms with Crippen LogP contribution in [0.15, 0.2) is 18.2 Å². The minimum absolute atomic E-state index is 0.00649. The van der Waals surface area contributed by atoms with Gasteiger partial charge in [0.2, 0.25) is 11.8 Å². The van der Waals surface area contributed by atoms with Crippen LogP contribution in [0.1, 0.15) is 44.9 Å². The molecule has 1 aromatic carbocycles. The molecule has 4 aliphatic heterocycles. The van der Waals surface area contributed by atoms with Gasteiger partial charge in [0.25, 0.3) is 0 Å². The zero-order chi connectivity index (χ0) is 24.2. The van der Waals surface area contributed by atoms with Crippen LogP contribution in [0.25, 0.3) is 0 Å². The maximum atomic E-state index is 13.8. The Hall–Kier alpha value is -2.32. The summed E-state index contributed by atoms with van der Waals surface area (Å²) < 4.78 is 16.6. The van der Waals surface area contributed by atoms with E-state index in [2.05, 4.69) is 4.90 Å². The second kappa shape index (κ2) is 11.2. The van der Waals surface area contributed by atoms with E-state index >= 15 is 0 Å². The van der Waals surface area contributed by atoms with Crippen LogP contribution in [-0.4, -0.2) is 87.3 Å². The fourth-order valence-electron chi connectivity index (χ4n) is 6.35. The summed E-state index contributed by atoms with van der Waals surface area (Å²) in [6, 6.07) is 6.18. The summed E-state index contributed by atoms with van der Waals surface area (Å²) in [4.78, 5) is 33.2. The van der Waals surface area contributed by atoms with Crippen molar-refractivity contribution in [1.82, 2.24) is 9.80 Å². The Morgan fingerprint density at radius 1 is 1.11 bits per heavy atom. The molecular formula is C27H39N3O5. The van der Waals surface area contributed by atoms with Crippen LogP contribution < -0.4 is 14.4 Å². The first-order valence-corrected chi connectivity index (χ1v) is 13.4.